The Hall–Kier alpha value is -2.51. The van der Waals surface area contributed by atoms with Crippen molar-refractivity contribution in [2.24, 2.45) is 5.73 Å². The molecule has 0 bridgehead atoms. The average molecular weight is 272 g/mol. The van der Waals surface area contributed by atoms with Gasteiger partial charge >= 0.3 is 5.97 Å². The fraction of sp³-hybridized carbons (Fsp3) is 0.182. The van der Waals surface area contributed by atoms with Crippen molar-refractivity contribution in [2.75, 3.05) is 0 Å². The van der Waals surface area contributed by atoms with Gasteiger partial charge in [0, 0.05) is 0 Å². The van der Waals surface area contributed by atoms with Crippen LogP contribution in [0, 0.1) is 11.6 Å². The first-order valence-electron chi connectivity index (χ1n) is 5.09. The van der Waals surface area contributed by atoms with E-state index in [0.29, 0.717) is 0 Å². The van der Waals surface area contributed by atoms with Crippen LogP contribution in [0.5, 0.6) is 0 Å². The molecule has 0 heterocycles. The summed E-state index contributed by atoms with van der Waals surface area (Å²) in [6, 6.07) is 1.28. The molecule has 4 N–H and O–H groups in total. The summed E-state index contributed by atoms with van der Waals surface area (Å²) in [5, 5.41) is 10.6. The minimum atomic E-state index is -1.60. The Morgan fingerprint density at radius 2 is 1.95 bits per heavy atom. The Morgan fingerprint density at radius 1 is 1.32 bits per heavy atom. The van der Waals surface area contributed by atoms with Crippen molar-refractivity contribution < 1.29 is 28.3 Å². The maximum atomic E-state index is 13.3. The maximum Gasteiger partial charge on any atom is 0.326 e. The molecule has 1 rings (SSSR count). The lowest BCUT2D eigenvalue weighted by Gasteiger charge is -2.13. The normalized spacial score (nSPS) is 11.7. The molecule has 0 spiro atoms. The van der Waals surface area contributed by atoms with Gasteiger partial charge in [-0.25, -0.2) is 13.6 Å². The first-order chi connectivity index (χ1) is 8.82. The number of primary amides is 1. The van der Waals surface area contributed by atoms with Gasteiger partial charge in [-0.2, -0.15) is 0 Å². The van der Waals surface area contributed by atoms with E-state index in [1.54, 1.807) is 0 Å². The van der Waals surface area contributed by atoms with Crippen molar-refractivity contribution in [1.29, 1.82) is 0 Å². The predicted octanol–water partition coefficient (Wildman–Crippen LogP) is 0.0232. The van der Waals surface area contributed by atoms with Gasteiger partial charge in [0.1, 0.15) is 6.04 Å². The SMILES string of the molecule is NC(=O)C[C@@H](NC(=O)c1cccc(F)c1F)C(=O)O. The Labute approximate surface area is 106 Å². The van der Waals surface area contributed by atoms with E-state index in [-0.39, 0.29) is 0 Å². The predicted molar refractivity (Wildman–Crippen MR) is 59.1 cm³/mol. The van der Waals surface area contributed by atoms with Gasteiger partial charge in [-0.15, -0.1) is 0 Å². The highest BCUT2D eigenvalue weighted by atomic mass is 19.2. The number of aliphatic carboxylic acids is 1. The summed E-state index contributed by atoms with van der Waals surface area (Å²) >= 11 is 0. The Morgan fingerprint density at radius 3 is 2.47 bits per heavy atom. The number of hydrogen-bond acceptors (Lipinski definition) is 3. The molecule has 1 aromatic rings. The number of hydrogen-bond donors (Lipinski definition) is 3. The van der Waals surface area contributed by atoms with Crippen LogP contribution in [0.15, 0.2) is 18.2 Å². The summed E-state index contributed by atoms with van der Waals surface area (Å²) in [6.07, 6.45) is -0.655. The topological polar surface area (TPSA) is 109 Å². The van der Waals surface area contributed by atoms with Crippen LogP contribution >= 0.6 is 0 Å². The molecule has 0 aliphatic heterocycles. The third-order valence-electron chi connectivity index (χ3n) is 2.20. The maximum absolute atomic E-state index is 13.3. The molecular formula is C11H10F2N2O4. The van der Waals surface area contributed by atoms with E-state index in [1.165, 1.54) is 0 Å². The van der Waals surface area contributed by atoms with Crippen LogP contribution in [0.25, 0.3) is 0 Å². The Bertz CT molecular complexity index is 533. The largest absolute Gasteiger partial charge is 0.480 e. The van der Waals surface area contributed by atoms with Gasteiger partial charge in [-0.1, -0.05) is 6.07 Å². The molecule has 1 atom stereocenters. The number of nitrogens with two attached hydrogens (primary N) is 1. The molecular weight excluding hydrogens is 262 g/mol. The second kappa shape index (κ2) is 5.89. The zero-order valence-corrected chi connectivity index (χ0v) is 9.52. The molecule has 19 heavy (non-hydrogen) atoms. The number of carbonyl (C=O) groups excluding carboxylic acids is 2. The second-order valence-corrected chi connectivity index (χ2v) is 3.64. The first-order valence-corrected chi connectivity index (χ1v) is 5.09. The highest BCUT2D eigenvalue weighted by Gasteiger charge is 2.24. The van der Waals surface area contributed by atoms with E-state index >= 15 is 0 Å². The van der Waals surface area contributed by atoms with Gasteiger partial charge in [-0.05, 0) is 12.1 Å². The molecule has 102 valence electrons. The minimum Gasteiger partial charge on any atom is -0.480 e. The standard InChI is InChI=1S/C11H10F2N2O4/c12-6-3-1-2-5(9(6)13)10(17)15-7(11(18)19)4-8(14)16/h1-3,7H,4H2,(H2,14,16)(H,15,17)(H,18,19)/t7-/m1/s1. The number of carbonyl (C=O) groups is 3. The van der Waals surface area contributed by atoms with Crippen molar-refractivity contribution in [1.82, 2.24) is 5.32 Å². The van der Waals surface area contributed by atoms with E-state index < -0.39 is 47.4 Å². The molecule has 0 saturated carbocycles. The van der Waals surface area contributed by atoms with Gasteiger partial charge in [0.05, 0.1) is 12.0 Å². The third-order valence-corrected chi connectivity index (χ3v) is 2.20. The number of carboxylic acids is 1. The van der Waals surface area contributed by atoms with Crippen LogP contribution in [-0.2, 0) is 9.59 Å². The lowest BCUT2D eigenvalue weighted by molar-refractivity contribution is -0.140. The lowest BCUT2D eigenvalue weighted by Crippen LogP contribution is -2.43. The summed E-state index contributed by atoms with van der Waals surface area (Å²) in [6.45, 7) is 0. The van der Waals surface area contributed by atoms with Crippen LogP contribution in [0.3, 0.4) is 0 Å². The van der Waals surface area contributed by atoms with Gasteiger partial charge in [0.25, 0.3) is 5.91 Å². The quantitative estimate of drug-likeness (QED) is 0.702. The highest BCUT2D eigenvalue weighted by Crippen LogP contribution is 2.11. The number of rotatable bonds is 5. The smallest absolute Gasteiger partial charge is 0.326 e. The van der Waals surface area contributed by atoms with E-state index in [1.807, 2.05) is 5.32 Å². The summed E-state index contributed by atoms with van der Waals surface area (Å²) in [7, 11) is 0. The van der Waals surface area contributed by atoms with E-state index in [9.17, 15) is 23.2 Å². The van der Waals surface area contributed by atoms with Crippen molar-refractivity contribution >= 4 is 17.8 Å². The molecule has 0 fully saturated rings. The minimum absolute atomic E-state index is 0.655. The lowest BCUT2D eigenvalue weighted by atomic mass is 10.1. The molecule has 8 heteroatoms. The van der Waals surface area contributed by atoms with E-state index in [4.69, 9.17) is 10.8 Å². The van der Waals surface area contributed by atoms with Crippen LogP contribution in [0.2, 0.25) is 0 Å². The molecule has 2 amide bonds. The fourth-order valence-electron chi connectivity index (χ4n) is 1.32. The van der Waals surface area contributed by atoms with Crippen LogP contribution in [-0.4, -0.2) is 28.9 Å². The number of amides is 2. The zero-order chi connectivity index (χ0) is 14.6. The van der Waals surface area contributed by atoms with Crippen LogP contribution in [0.4, 0.5) is 8.78 Å². The molecule has 0 aromatic heterocycles. The van der Waals surface area contributed by atoms with Gasteiger partial charge < -0.3 is 16.2 Å². The van der Waals surface area contributed by atoms with E-state index in [2.05, 4.69) is 0 Å². The summed E-state index contributed by atoms with van der Waals surface area (Å²) in [4.78, 5) is 33.0. The monoisotopic (exact) mass is 272 g/mol. The Balaban J connectivity index is 2.91. The first kappa shape index (κ1) is 14.6. The van der Waals surface area contributed by atoms with Crippen LogP contribution in [0.1, 0.15) is 16.8 Å². The number of benzene rings is 1. The molecule has 1 aromatic carbocycles. The van der Waals surface area contributed by atoms with Crippen molar-refractivity contribution in [3.63, 3.8) is 0 Å². The van der Waals surface area contributed by atoms with Crippen molar-refractivity contribution in [3.05, 3.63) is 35.4 Å². The molecule has 0 radical (unpaired) electrons. The number of carboxylic acid groups (broad SMARTS) is 1. The van der Waals surface area contributed by atoms with Gasteiger partial charge in [0.15, 0.2) is 11.6 Å². The molecule has 0 saturated heterocycles. The molecule has 0 aliphatic rings. The Kier molecular flexibility index (Phi) is 4.51. The zero-order valence-electron chi connectivity index (χ0n) is 9.52. The summed E-state index contributed by atoms with van der Waals surface area (Å²) < 4.78 is 26.2. The molecule has 0 aliphatic carbocycles. The number of halogens is 2. The van der Waals surface area contributed by atoms with Gasteiger partial charge in [0.2, 0.25) is 5.91 Å². The van der Waals surface area contributed by atoms with Crippen molar-refractivity contribution in [2.45, 2.75) is 12.5 Å². The van der Waals surface area contributed by atoms with Crippen LogP contribution < -0.4 is 11.1 Å². The number of nitrogens with one attached hydrogen (secondary N) is 1. The summed E-state index contributed by atoms with van der Waals surface area (Å²) in [5.74, 6) is -6.25. The van der Waals surface area contributed by atoms with Crippen molar-refractivity contribution in [3.8, 4) is 0 Å². The second-order valence-electron chi connectivity index (χ2n) is 3.64. The van der Waals surface area contributed by atoms with Gasteiger partial charge in [-0.3, -0.25) is 9.59 Å². The molecule has 6 nitrogen and oxygen atoms in total. The highest BCUT2D eigenvalue weighted by molar-refractivity contribution is 5.97. The average Bonchev–Trinajstić information content (AvgIpc) is 2.31. The van der Waals surface area contributed by atoms with E-state index in [0.717, 1.165) is 18.2 Å². The molecule has 0 unspecified atom stereocenters. The third kappa shape index (κ3) is 3.73. The summed E-state index contributed by atoms with van der Waals surface area (Å²) in [5.41, 5.74) is 4.16. The fourth-order valence-corrected chi connectivity index (χ4v) is 1.32.